The number of nitrogens with zero attached hydrogens (tertiary/aromatic N) is 5. The van der Waals surface area contributed by atoms with E-state index in [-0.39, 0.29) is 18.1 Å². The number of carbonyl (C=O) groups excluding carboxylic acids is 2. The third-order valence-corrected chi connectivity index (χ3v) is 5.82. The maximum absolute atomic E-state index is 12.7. The maximum Gasteiger partial charge on any atom is 0.240 e. The summed E-state index contributed by atoms with van der Waals surface area (Å²) in [5.41, 5.74) is 13.6. The summed E-state index contributed by atoms with van der Waals surface area (Å²) in [7, 11) is 0. The summed E-state index contributed by atoms with van der Waals surface area (Å²) in [6, 6.07) is 2.29. The lowest BCUT2D eigenvalue weighted by Crippen LogP contribution is -2.48. The quantitative estimate of drug-likeness (QED) is 0.663. The third kappa shape index (κ3) is 3.03. The molecule has 10 heteroatoms. The average Bonchev–Trinajstić information content (AvgIpc) is 3.06. The molecule has 1 saturated heterocycles. The van der Waals surface area contributed by atoms with Gasteiger partial charge in [0.05, 0.1) is 38.0 Å². The molecule has 10 nitrogen and oxygen atoms in total. The lowest BCUT2D eigenvalue weighted by molar-refractivity contribution is -0.345. The number of rotatable bonds is 5. The van der Waals surface area contributed by atoms with Crippen molar-refractivity contribution in [2.75, 3.05) is 54.0 Å². The van der Waals surface area contributed by atoms with Crippen LogP contribution in [-0.4, -0.2) is 54.9 Å². The second-order valence-corrected chi connectivity index (χ2v) is 7.63. The van der Waals surface area contributed by atoms with Gasteiger partial charge in [0.25, 0.3) is 0 Å². The zero-order chi connectivity index (χ0) is 21.4. The molecule has 0 spiro atoms. The van der Waals surface area contributed by atoms with Gasteiger partial charge < -0.3 is 16.4 Å². The van der Waals surface area contributed by atoms with Gasteiger partial charge in [-0.05, 0) is 6.42 Å². The fourth-order valence-electron chi connectivity index (χ4n) is 4.25. The van der Waals surface area contributed by atoms with Crippen molar-refractivity contribution in [3.63, 3.8) is 0 Å². The zero-order valence-corrected chi connectivity index (χ0v) is 16.9. The molecular formula is C20H25N8O2+. The highest BCUT2D eigenvalue weighted by molar-refractivity contribution is 6.12. The van der Waals surface area contributed by atoms with Gasteiger partial charge >= 0.3 is 0 Å². The summed E-state index contributed by atoms with van der Waals surface area (Å²) in [4.78, 5) is 36.7. The van der Waals surface area contributed by atoms with Gasteiger partial charge in [-0.3, -0.25) is 19.4 Å². The van der Waals surface area contributed by atoms with E-state index >= 15 is 0 Å². The van der Waals surface area contributed by atoms with Crippen LogP contribution in [0.5, 0.6) is 0 Å². The number of aromatic amines is 1. The van der Waals surface area contributed by atoms with Crippen molar-refractivity contribution in [1.82, 2.24) is 9.88 Å². The van der Waals surface area contributed by atoms with Gasteiger partial charge in [0.15, 0.2) is 0 Å². The fraction of sp³-hybridized carbons (Fsp3) is 0.450. The van der Waals surface area contributed by atoms with Crippen LogP contribution in [0.4, 0.5) is 23.3 Å². The molecule has 0 radical (unpaired) electrons. The molecule has 0 unspecified atom stereocenters. The zero-order valence-electron chi connectivity index (χ0n) is 16.9. The number of carbonyl (C=O) groups is 2. The molecule has 4 heterocycles. The number of unbranched alkanes of at least 4 members (excludes halogenated alkanes) is 1. The van der Waals surface area contributed by atoms with Crippen molar-refractivity contribution in [3.8, 4) is 6.07 Å². The summed E-state index contributed by atoms with van der Waals surface area (Å²) in [5.74, 6) is 1.57. The van der Waals surface area contributed by atoms with Gasteiger partial charge in [0, 0.05) is 17.5 Å². The van der Waals surface area contributed by atoms with E-state index < -0.39 is 0 Å². The number of anilines is 4. The van der Waals surface area contributed by atoms with Crippen LogP contribution >= 0.6 is 0 Å². The Bertz CT molecular complexity index is 1070. The first kappa shape index (κ1) is 19.7. The maximum atomic E-state index is 12.7. The monoisotopic (exact) mass is 409 g/mol. The number of H-pyrrole nitrogens is 1. The predicted molar refractivity (Wildman–Crippen MR) is 113 cm³/mol. The summed E-state index contributed by atoms with van der Waals surface area (Å²) in [5, 5.41) is 11.1. The smallest absolute Gasteiger partial charge is 0.240 e. The minimum atomic E-state index is -0.0470. The van der Waals surface area contributed by atoms with Gasteiger partial charge in [-0.15, -0.1) is 0 Å². The molecule has 2 aromatic heterocycles. The molecule has 2 aliphatic rings. The fourth-order valence-corrected chi connectivity index (χ4v) is 4.25. The molecule has 0 aromatic carbocycles. The van der Waals surface area contributed by atoms with Crippen LogP contribution in [0.25, 0.3) is 10.8 Å². The Morgan fingerprint density at radius 2 is 1.97 bits per heavy atom. The Morgan fingerprint density at radius 1 is 1.23 bits per heavy atom. The van der Waals surface area contributed by atoms with Crippen molar-refractivity contribution >= 4 is 46.4 Å². The highest BCUT2D eigenvalue weighted by Crippen LogP contribution is 2.40. The van der Waals surface area contributed by atoms with Crippen molar-refractivity contribution in [2.24, 2.45) is 0 Å². The number of aromatic nitrogens is 2. The Balaban J connectivity index is 1.90. The molecule has 0 bridgehead atoms. The van der Waals surface area contributed by atoms with E-state index in [1.807, 2.05) is 4.90 Å². The van der Waals surface area contributed by atoms with Crippen LogP contribution in [0.1, 0.15) is 30.9 Å². The summed E-state index contributed by atoms with van der Waals surface area (Å²) >= 11 is 0. The van der Waals surface area contributed by atoms with Gasteiger partial charge in [-0.2, -0.15) is 5.26 Å². The third-order valence-electron chi connectivity index (χ3n) is 5.82. The number of piperazine rings is 1. The molecule has 2 amide bonds. The Kier molecular flexibility index (Phi) is 5.03. The molecule has 0 atom stereocenters. The second-order valence-electron chi connectivity index (χ2n) is 7.63. The highest BCUT2D eigenvalue weighted by Gasteiger charge is 2.35. The van der Waals surface area contributed by atoms with Gasteiger partial charge in [-0.25, -0.2) is 9.97 Å². The molecule has 4 rings (SSSR count). The van der Waals surface area contributed by atoms with Crippen molar-refractivity contribution in [2.45, 2.75) is 26.2 Å². The number of hydrogen-bond donors (Lipinski definition) is 2. The summed E-state index contributed by atoms with van der Waals surface area (Å²) in [6.45, 7) is 4.88. The van der Waals surface area contributed by atoms with Gasteiger partial charge in [-0.1, -0.05) is 13.3 Å². The van der Waals surface area contributed by atoms with E-state index in [9.17, 15) is 14.9 Å². The largest absolute Gasteiger partial charge is 0.383 e. The molecule has 2 aromatic rings. The number of nitrogens with one attached hydrogen (secondary N) is 1. The standard InChI is InChI=1S/C20H24N8O2/c1-2-3-4-28-14(30)9-12-15-13(10-21)19(27-7-5-26(11-29)6-8-27)24-17(22)16(15)18(23)25-20(12)28/h11H,2-9H2,1H3,(H2,22,24)(H2,23,25)/p+1. The Hall–Kier alpha value is -3.61. The Morgan fingerprint density at radius 3 is 2.60 bits per heavy atom. The van der Waals surface area contributed by atoms with E-state index in [2.05, 4.69) is 23.0 Å². The van der Waals surface area contributed by atoms with Crippen molar-refractivity contribution in [1.29, 1.82) is 5.26 Å². The first-order chi connectivity index (χ1) is 14.5. The van der Waals surface area contributed by atoms with Crippen molar-refractivity contribution in [3.05, 3.63) is 11.1 Å². The number of amides is 2. The number of pyridine rings is 2. The molecule has 0 saturated carbocycles. The minimum Gasteiger partial charge on any atom is -0.383 e. The molecule has 1 fully saturated rings. The first-order valence-electron chi connectivity index (χ1n) is 10.1. The van der Waals surface area contributed by atoms with Crippen LogP contribution in [0.2, 0.25) is 0 Å². The predicted octanol–water partition coefficient (Wildman–Crippen LogP) is 0.0526. The number of nitrogen functional groups attached to an aromatic ring is 2. The van der Waals surface area contributed by atoms with E-state index in [1.165, 1.54) is 0 Å². The van der Waals surface area contributed by atoms with Crippen LogP contribution < -0.4 is 26.3 Å². The van der Waals surface area contributed by atoms with E-state index in [0.29, 0.717) is 72.1 Å². The minimum absolute atomic E-state index is 0.0470. The van der Waals surface area contributed by atoms with E-state index in [0.717, 1.165) is 19.3 Å². The SMILES string of the molecule is CCCCN1C(=O)Cc2c1nc(N)c1c(N)[nH+]c(N3CCN(C=O)CC3)c(C#N)c21. The van der Waals surface area contributed by atoms with Gasteiger partial charge in [0.2, 0.25) is 24.0 Å². The summed E-state index contributed by atoms with van der Waals surface area (Å²) < 4.78 is 0. The number of hydrogen-bond acceptors (Lipinski definition) is 7. The number of nitrogens with two attached hydrogens (primary N) is 2. The molecule has 156 valence electrons. The van der Waals surface area contributed by atoms with Crippen molar-refractivity contribution < 1.29 is 14.6 Å². The number of fused-ring (bicyclic) bond motifs is 3. The lowest BCUT2D eigenvalue weighted by atomic mass is 10.00. The normalized spacial score (nSPS) is 16.1. The van der Waals surface area contributed by atoms with Crippen LogP contribution in [-0.2, 0) is 16.0 Å². The Labute approximate surface area is 174 Å². The van der Waals surface area contributed by atoms with Crippen LogP contribution in [0.15, 0.2) is 0 Å². The average molecular weight is 409 g/mol. The lowest BCUT2D eigenvalue weighted by Gasteiger charge is -2.30. The van der Waals surface area contributed by atoms with E-state index in [1.54, 1.807) is 9.80 Å². The second kappa shape index (κ2) is 7.67. The molecule has 5 N–H and O–H groups in total. The molecular weight excluding hydrogens is 384 g/mol. The summed E-state index contributed by atoms with van der Waals surface area (Å²) in [6.07, 6.45) is 2.80. The number of nitriles is 1. The highest BCUT2D eigenvalue weighted by atomic mass is 16.2. The molecule has 30 heavy (non-hydrogen) atoms. The van der Waals surface area contributed by atoms with Gasteiger partial charge in [0.1, 0.15) is 23.3 Å². The molecule has 0 aliphatic carbocycles. The topological polar surface area (TPSA) is 147 Å². The van der Waals surface area contributed by atoms with E-state index in [4.69, 9.17) is 11.5 Å². The van der Waals surface area contributed by atoms with Crippen LogP contribution in [0, 0.1) is 11.3 Å². The van der Waals surface area contributed by atoms with Crippen LogP contribution in [0.3, 0.4) is 0 Å². The molecule has 2 aliphatic heterocycles. The first-order valence-corrected chi connectivity index (χ1v) is 10.1.